The molecular weight excluding hydrogens is 264 g/mol. The van der Waals surface area contributed by atoms with Crippen LogP contribution in [0.1, 0.15) is 48.9 Å². The van der Waals surface area contributed by atoms with Gasteiger partial charge < -0.3 is 10.2 Å². The molecule has 0 radical (unpaired) electrons. The maximum Gasteiger partial charge on any atom is 0.254 e. The van der Waals surface area contributed by atoms with E-state index in [1.165, 1.54) is 51.4 Å². The second-order valence-corrected chi connectivity index (χ2v) is 6.28. The standard InChI is InChI=1S/C16H24N4O/c21-16(14-9-17-12-18-10-14)19-8-13-4-3-7-20(11-13)15-5-1-2-6-15/h9-10,12-13,15H,1-8,11H2,(H,19,21)/t13-/m1/s1. The lowest BCUT2D eigenvalue weighted by Crippen LogP contribution is -2.44. The van der Waals surface area contributed by atoms with Gasteiger partial charge in [0.1, 0.15) is 6.33 Å². The maximum absolute atomic E-state index is 12.0. The van der Waals surface area contributed by atoms with Crippen LogP contribution in [0.15, 0.2) is 18.7 Å². The Kier molecular flexibility index (Phi) is 4.80. The summed E-state index contributed by atoms with van der Waals surface area (Å²) >= 11 is 0. The summed E-state index contributed by atoms with van der Waals surface area (Å²) in [6, 6.07) is 0.797. The van der Waals surface area contributed by atoms with Crippen LogP contribution in [-0.4, -0.2) is 46.5 Å². The first-order valence-corrected chi connectivity index (χ1v) is 8.10. The quantitative estimate of drug-likeness (QED) is 0.919. The summed E-state index contributed by atoms with van der Waals surface area (Å²) in [4.78, 5) is 22.4. The predicted molar refractivity (Wildman–Crippen MR) is 80.9 cm³/mol. The fourth-order valence-corrected chi connectivity index (χ4v) is 3.62. The Hall–Kier alpha value is -1.49. The van der Waals surface area contributed by atoms with Crippen molar-refractivity contribution in [3.63, 3.8) is 0 Å². The number of likely N-dealkylation sites (tertiary alicyclic amines) is 1. The molecule has 21 heavy (non-hydrogen) atoms. The normalized spacial score (nSPS) is 24.1. The lowest BCUT2D eigenvalue weighted by atomic mass is 9.96. The van der Waals surface area contributed by atoms with Crippen molar-refractivity contribution in [1.82, 2.24) is 20.2 Å². The summed E-state index contributed by atoms with van der Waals surface area (Å²) in [5.74, 6) is 0.515. The number of hydrogen-bond acceptors (Lipinski definition) is 4. The summed E-state index contributed by atoms with van der Waals surface area (Å²) in [7, 11) is 0. The van der Waals surface area contributed by atoms with Crippen LogP contribution in [-0.2, 0) is 0 Å². The van der Waals surface area contributed by atoms with E-state index < -0.39 is 0 Å². The van der Waals surface area contributed by atoms with Gasteiger partial charge in [0.05, 0.1) is 5.56 Å². The zero-order valence-electron chi connectivity index (χ0n) is 12.5. The highest BCUT2D eigenvalue weighted by molar-refractivity contribution is 5.93. The van der Waals surface area contributed by atoms with E-state index >= 15 is 0 Å². The van der Waals surface area contributed by atoms with Crippen LogP contribution in [0.25, 0.3) is 0 Å². The van der Waals surface area contributed by atoms with Gasteiger partial charge in [-0.15, -0.1) is 0 Å². The third-order valence-corrected chi connectivity index (χ3v) is 4.77. The van der Waals surface area contributed by atoms with E-state index in [1.807, 2.05) is 0 Å². The van der Waals surface area contributed by atoms with Gasteiger partial charge in [0.2, 0.25) is 0 Å². The number of nitrogens with zero attached hydrogens (tertiary/aromatic N) is 3. The van der Waals surface area contributed by atoms with Crippen LogP contribution >= 0.6 is 0 Å². The Morgan fingerprint density at radius 1 is 1.19 bits per heavy atom. The van der Waals surface area contributed by atoms with Gasteiger partial charge in [-0.3, -0.25) is 4.79 Å². The molecule has 5 nitrogen and oxygen atoms in total. The van der Waals surface area contributed by atoms with Gasteiger partial charge in [-0.25, -0.2) is 9.97 Å². The molecule has 1 amide bonds. The summed E-state index contributed by atoms with van der Waals surface area (Å²) in [5.41, 5.74) is 0.543. The molecule has 2 fully saturated rings. The number of carbonyl (C=O) groups is 1. The van der Waals surface area contributed by atoms with Crippen LogP contribution in [0.2, 0.25) is 0 Å². The van der Waals surface area contributed by atoms with Crippen molar-refractivity contribution in [1.29, 1.82) is 0 Å². The average molecular weight is 288 g/mol. The second-order valence-electron chi connectivity index (χ2n) is 6.28. The van der Waals surface area contributed by atoms with Crippen LogP contribution < -0.4 is 5.32 Å². The molecule has 1 saturated heterocycles. The summed E-state index contributed by atoms with van der Waals surface area (Å²) < 4.78 is 0. The molecular formula is C16H24N4O. The predicted octanol–water partition coefficient (Wildman–Crippen LogP) is 1.86. The second kappa shape index (κ2) is 6.98. The largest absolute Gasteiger partial charge is 0.352 e. The topological polar surface area (TPSA) is 58.1 Å². The minimum atomic E-state index is -0.0615. The van der Waals surface area contributed by atoms with E-state index in [4.69, 9.17) is 0 Å². The number of hydrogen-bond donors (Lipinski definition) is 1. The molecule has 1 aliphatic heterocycles. The smallest absolute Gasteiger partial charge is 0.254 e. The van der Waals surface area contributed by atoms with Gasteiger partial charge in [-0.1, -0.05) is 12.8 Å². The lowest BCUT2D eigenvalue weighted by molar-refractivity contribution is 0.0912. The Morgan fingerprint density at radius 2 is 1.95 bits per heavy atom. The van der Waals surface area contributed by atoms with Gasteiger partial charge in [0.25, 0.3) is 5.91 Å². The zero-order chi connectivity index (χ0) is 14.5. The zero-order valence-corrected chi connectivity index (χ0v) is 12.5. The van der Waals surface area contributed by atoms with Crippen molar-refractivity contribution < 1.29 is 4.79 Å². The molecule has 1 saturated carbocycles. The van der Waals surface area contributed by atoms with Crippen molar-refractivity contribution in [2.75, 3.05) is 19.6 Å². The van der Waals surface area contributed by atoms with E-state index in [0.29, 0.717) is 11.5 Å². The third-order valence-electron chi connectivity index (χ3n) is 4.77. The van der Waals surface area contributed by atoms with Gasteiger partial charge >= 0.3 is 0 Å². The fraction of sp³-hybridized carbons (Fsp3) is 0.688. The number of aromatic nitrogens is 2. The molecule has 3 rings (SSSR count). The first-order valence-electron chi connectivity index (χ1n) is 8.10. The Labute approximate surface area is 126 Å². The van der Waals surface area contributed by atoms with Crippen LogP contribution in [0.4, 0.5) is 0 Å². The van der Waals surface area contributed by atoms with E-state index in [-0.39, 0.29) is 5.91 Å². The number of amides is 1. The van der Waals surface area contributed by atoms with Crippen molar-refractivity contribution >= 4 is 5.91 Å². The van der Waals surface area contributed by atoms with Crippen molar-refractivity contribution in [3.8, 4) is 0 Å². The Bertz CT molecular complexity index is 459. The average Bonchev–Trinajstić information content (AvgIpc) is 3.08. The van der Waals surface area contributed by atoms with Crippen molar-refractivity contribution in [3.05, 3.63) is 24.3 Å². The summed E-state index contributed by atoms with van der Waals surface area (Å²) in [6.45, 7) is 3.13. The summed E-state index contributed by atoms with van der Waals surface area (Å²) in [6.07, 6.45) is 12.5. The minimum Gasteiger partial charge on any atom is -0.352 e. The molecule has 1 atom stereocenters. The van der Waals surface area contributed by atoms with Gasteiger partial charge in [0.15, 0.2) is 0 Å². The molecule has 5 heteroatoms. The van der Waals surface area contributed by atoms with Gasteiger partial charge in [0, 0.05) is 31.5 Å². The molecule has 114 valence electrons. The fourth-order valence-electron chi connectivity index (χ4n) is 3.62. The monoisotopic (exact) mass is 288 g/mol. The van der Waals surface area contributed by atoms with Crippen molar-refractivity contribution in [2.24, 2.45) is 5.92 Å². The molecule has 1 aliphatic carbocycles. The molecule has 2 aliphatic rings. The molecule has 0 bridgehead atoms. The Balaban J connectivity index is 1.47. The van der Waals surface area contributed by atoms with Crippen LogP contribution in [0.5, 0.6) is 0 Å². The minimum absolute atomic E-state index is 0.0615. The maximum atomic E-state index is 12.0. The van der Waals surface area contributed by atoms with E-state index in [2.05, 4.69) is 20.2 Å². The van der Waals surface area contributed by atoms with Crippen molar-refractivity contribution in [2.45, 2.75) is 44.6 Å². The highest BCUT2D eigenvalue weighted by atomic mass is 16.1. The molecule has 0 spiro atoms. The van der Waals surface area contributed by atoms with E-state index in [0.717, 1.165) is 19.1 Å². The van der Waals surface area contributed by atoms with E-state index in [1.54, 1.807) is 12.4 Å². The molecule has 1 aromatic heterocycles. The number of carbonyl (C=O) groups excluding carboxylic acids is 1. The highest BCUT2D eigenvalue weighted by Crippen LogP contribution is 2.27. The van der Waals surface area contributed by atoms with Crippen LogP contribution in [0, 0.1) is 5.92 Å². The summed E-state index contributed by atoms with van der Waals surface area (Å²) in [5, 5.41) is 3.03. The number of rotatable bonds is 4. The van der Waals surface area contributed by atoms with Crippen LogP contribution in [0.3, 0.4) is 0 Å². The van der Waals surface area contributed by atoms with Gasteiger partial charge in [-0.2, -0.15) is 0 Å². The SMILES string of the molecule is O=C(NC[C@H]1CCCN(C2CCCC2)C1)c1cncnc1. The van der Waals surface area contributed by atoms with Gasteiger partial charge in [-0.05, 0) is 38.1 Å². The Morgan fingerprint density at radius 3 is 2.71 bits per heavy atom. The van der Waals surface area contributed by atoms with E-state index in [9.17, 15) is 4.79 Å². The lowest BCUT2D eigenvalue weighted by Gasteiger charge is -2.36. The highest BCUT2D eigenvalue weighted by Gasteiger charge is 2.27. The number of piperidine rings is 1. The molecule has 2 heterocycles. The third kappa shape index (κ3) is 3.79. The molecule has 0 aromatic carbocycles. The first-order chi connectivity index (χ1) is 10.3. The first kappa shape index (κ1) is 14.4. The number of nitrogens with one attached hydrogen (secondary N) is 1. The molecule has 1 N–H and O–H groups in total. The molecule has 1 aromatic rings. The molecule has 0 unspecified atom stereocenters.